The number of nitrogens with one attached hydrogen (secondary N) is 1. The van der Waals surface area contributed by atoms with Crippen LogP contribution in [0.15, 0.2) is 48.6 Å². The number of alkyl halides is 3. The molecular formula is C21H17F3N6OS. The number of rotatable bonds is 4. The van der Waals surface area contributed by atoms with Crippen LogP contribution < -0.4 is 5.32 Å². The summed E-state index contributed by atoms with van der Waals surface area (Å²) in [7, 11) is 0. The first kappa shape index (κ1) is 20.6. The highest BCUT2D eigenvalue weighted by molar-refractivity contribution is 7.10. The van der Waals surface area contributed by atoms with Crippen molar-refractivity contribution in [3.05, 3.63) is 75.8 Å². The van der Waals surface area contributed by atoms with Gasteiger partial charge in [-0.1, -0.05) is 0 Å². The lowest BCUT2D eigenvalue weighted by molar-refractivity contribution is -0.137. The van der Waals surface area contributed by atoms with Gasteiger partial charge in [0.15, 0.2) is 0 Å². The van der Waals surface area contributed by atoms with Gasteiger partial charge in [0.05, 0.1) is 40.9 Å². The SMILES string of the molecule is O=C(Nc1cncc(C(F)(F)F)c1)c1csc2c1CCN(Cc1cnn3ccncc13)C2. The summed E-state index contributed by atoms with van der Waals surface area (Å²) >= 11 is 1.49. The Morgan fingerprint density at radius 1 is 1.19 bits per heavy atom. The molecule has 4 aromatic heterocycles. The van der Waals surface area contributed by atoms with Crippen molar-refractivity contribution in [3.8, 4) is 0 Å². The second-order valence-corrected chi connectivity index (χ2v) is 8.47. The van der Waals surface area contributed by atoms with Crippen molar-refractivity contribution >= 4 is 28.4 Å². The van der Waals surface area contributed by atoms with E-state index in [0.29, 0.717) is 25.1 Å². The third-order valence-corrected chi connectivity index (χ3v) is 6.41. The molecule has 5 heterocycles. The molecule has 0 saturated carbocycles. The van der Waals surface area contributed by atoms with Crippen LogP contribution in [0.3, 0.4) is 0 Å². The minimum Gasteiger partial charge on any atom is -0.321 e. The zero-order chi connectivity index (χ0) is 22.3. The maximum atomic E-state index is 12.9. The molecule has 0 aliphatic carbocycles. The Balaban J connectivity index is 1.29. The van der Waals surface area contributed by atoms with Crippen molar-refractivity contribution in [2.75, 3.05) is 11.9 Å². The summed E-state index contributed by atoms with van der Waals surface area (Å²) in [6.07, 6.45) is 5.21. The first-order chi connectivity index (χ1) is 15.4. The van der Waals surface area contributed by atoms with Gasteiger partial charge in [0.2, 0.25) is 0 Å². The fourth-order valence-electron chi connectivity index (χ4n) is 3.81. The van der Waals surface area contributed by atoms with Crippen LogP contribution in [0.4, 0.5) is 18.9 Å². The summed E-state index contributed by atoms with van der Waals surface area (Å²) in [4.78, 5) is 23.9. The first-order valence-corrected chi connectivity index (χ1v) is 10.7. The number of halogens is 3. The Hall–Kier alpha value is -3.31. The lowest BCUT2D eigenvalue weighted by atomic mass is 10.0. The van der Waals surface area contributed by atoms with Gasteiger partial charge in [0, 0.05) is 54.0 Å². The molecule has 0 aromatic carbocycles. The van der Waals surface area contributed by atoms with Crippen LogP contribution in [0.5, 0.6) is 0 Å². The molecule has 0 unspecified atom stereocenters. The lowest BCUT2D eigenvalue weighted by Crippen LogP contribution is -2.30. The summed E-state index contributed by atoms with van der Waals surface area (Å²) in [5, 5.41) is 8.66. The summed E-state index contributed by atoms with van der Waals surface area (Å²) in [5.41, 5.74) is 2.60. The van der Waals surface area contributed by atoms with Crippen molar-refractivity contribution in [3.63, 3.8) is 0 Å². The fourth-order valence-corrected chi connectivity index (χ4v) is 4.94. The van der Waals surface area contributed by atoms with Crippen LogP contribution in [0.25, 0.3) is 5.52 Å². The van der Waals surface area contributed by atoms with E-state index in [1.165, 1.54) is 17.5 Å². The van der Waals surface area contributed by atoms with E-state index < -0.39 is 17.6 Å². The molecule has 1 N–H and O–H groups in total. The number of fused-ring (bicyclic) bond motifs is 2. The van der Waals surface area contributed by atoms with E-state index in [1.807, 2.05) is 6.20 Å². The van der Waals surface area contributed by atoms with Gasteiger partial charge in [-0.05, 0) is 18.1 Å². The number of carbonyl (C=O) groups excluding carboxylic acids is 1. The number of hydrogen-bond acceptors (Lipinski definition) is 6. The van der Waals surface area contributed by atoms with Crippen molar-refractivity contribution in [2.45, 2.75) is 25.7 Å². The molecule has 1 amide bonds. The Kier molecular flexibility index (Phi) is 5.14. The summed E-state index contributed by atoms with van der Waals surface area (Å²) in [6.45, 7) is 2.16. The Labute approximate surface area is 184 Å². The summed E-state index contributed by atoms with van der Waals surface area (Å²) in [5.74, 6) is -0.425. The van der Waals surface area contributed by atoms with Gasteiger partial charge >= 0.3 is 6.18 Å². The van der Waals surface area contributed by atoms with Crippen molar-refractivity contribution in [2.24, 2.45) is 0 Å². The van der Waals surface area contributed by atoms with Crippen molar-refractivity contribution in [1.82, 2.24) is 24.5 Å². The smallest absolute Gasteiger partial charge is 0.321 e. The molecule has 0 fully saturated rings. The van der Waals surface area contributed by atoms with Gasteiger partial charge in [-0.25, -0.2) is 4.52 Å². The highest BCUT2D eigenvalue weighted by atomic mass is 32.1. The number of anilines is 1. The minimum atomic E-state index is -4.52. The molecule has 164 valence electrons. The second-order valence-electron chi connectivity index (χ2n) is 7.50. The Morgan fingerprint density at radius 2 is 2.06 bits per heavy atom. The average molecular weight is 458 g/mol. The predicted octanol–water partition coefficient (Wildman–Crippen LogP) is 4.02. The molecule has 0 bridgehead atoms. The number of aromatic nitrogens is 4. The lowest BCUT2D eigenvalue weighted by Gasteiger charge is -2.26. The number of thiophene rings is 1. The quantitative estimate of drug-likeness (QED) is 0.500. The average Bonchev–Trinajstić information content (AvgIpc) is 3.38. The highest BCUT2D eigenvalue weighted by Gasteiger charge is 2.31. The topological polar surface area (TPSA) is 75.4 Å². The van der Waals surface area contributed by atoms with Crippen LogP contribution in [-0.4, -0.2) is 36.9 Å². The molecule has 4 aromatic rings. The zero-order valence-electron chi connectivity index (χ0n) is 16.6. The first-order valence-electron chi connectivity index (χ1n) is 9.80. The standard InChI is InChI=1S/C21H17F3N6OS/c22-21(23,24)14-5-15(8-26-7-14)28-20(31)17-12-32-19-11-29(3-1-16(17)19)10-13-6-27-30-4-2-25-9-18(13)30/h2,4-9,12H,1,3,10-11H2,(H,28,31). The molecule has 0 atom stereocenters. The van der Waals surface area contributed by atoms with Crippen LogP contribution in [0.2, 0.25) is 0 Å². The maximum absolute atomic E-state index is 12.9. The van der Waals surface area contributed by atoms with E-state index in [0.717, 1.165) is 40.3 Å². The van der Waals surface area contributed by atoms with E-state index in [-0.39, 0.29) is 5.69 Å². The van der Waals surface area contributed by atoms with Gasteiger partial charge in [-0.15, -0.1) is 11.3 Å². The van der Waals surface area contributed by atoms with Crippen LogP contribution in [0, 0.1) is 0 Å². The Bertz CT molecular complexity index is 1300. The van der Waals surface area contributed by atoms with Gasteiger partial charge in [0.25, 0.3) is 5.91 Å². The molecular weight excluding hydrogens is 441 g/mol. The van der Waals surface area contributed by atoms with Crippen molar-refractivity contribution < 1.29 is 18.0 Å². The van der Waals surface area contributed by atoms with E-state index in [2.05, 4.69) is 25.3 Å². The van der Waals surface area contributed by atoms with Gasteiger partial charge in [-0.3, -0.25) is 19.7 Å². The zero-order valence-corrected chi connectivity index (χ0v) is 17.5. The highest BCUT2D eigenvalue weighted by Crippen LogP contribution is 2.32. The number of pyridine rings is 1. The van der Waals surface area contributed by atoms with Gasteiger partial charge < -0.3 is 5.32 Å². The van der Waals surface area contributed by atoms with Crippen molar-refractivity contribution in [1.29, 1.82) is 0 Å². The number of hydrogen-bond donors (Lipinski definition) is 1. The molecule has 5 rings (SSSR count). The van der Waals surface area contributed by atoms with Crippen LogP contribution in [-0.2, 0) is 25.7 Å². The van der Waals surface area contributed by atoms with E-state index in [9.17, 15) is 18.0 Å². The van der Waals surface area contributed by atoms with Crippen LogP contribution in [0.1, 0.15) is 31.9 Å². The number of amides is 1. The molecule has 0 spiro atoms. The van der Waals surface area contributed by atoms with Gasteiger partial charge in [0.1, 0.15) is 0 Å². The third kappa shape index (κ3) is 3.96. The number of carbonyl (C=O) groups is 1. The minimum absolute atomic E-state index is 0.0175. The predicted molar refractivity (Wildman–Crippen MR) is 112 cm³/mol. The third-order valence-electron chi connectivity index (χ3n) is 5.39. The van der Waals surface area contributed by atoms with E-state index >= 15 is 0 Å². The van der Waals surface area contributed by atoms with E-state index in [4.69, 9.17) is 0 Å². The Morgan fingerprint density at radius 3 is 2.91 bits per heavy atom. The monoisotopic (exact) mass is 458 g/mol. The molecule has 0 radical (unpaired) electrons. The number of nitrogens with zero attached hydrogens (tertiary/aromatic N) is 5. The van der Waals surface area contributed by atoms with Gasteiger partial charge in [-0.2, -0.15) is 18.3 Å². The van der Waals surface area contributed by atoms with Crippen LogP contribution >= 0.6 is 11.3 Å². The molecule has 0 saturated heterocycles. The normalized spacial score (nSPS) is 14.5. The maximum Gasteiger partial charge on any atom is 0.417 e. The molecule has 1 aliphatic heterocycles. The molecule has 7 nitrogen and oxygen atoms in total. The fraction of sp³-hybridized carbons (Fsp3) is 0.238. The second kappa shape index (κ2) is 7.99. The molecule has 1 aliphatic rings. The van der Waals surface area contributed by atoms with E-state index in [1.54, 1.807) is 28.5 Å². The molecule has 32 heavy (non-hydrogen) atoms. The molecule has 11 heteroatoms. The summed E-state index contributed by atoms with van der Waals surface area (Å²) < 4.78 is 40.5. The summed E-state index contributed by atoms with van der Waals surface area (Å²) in [6, 6.07) is 0.885. The largest absolute Gasteiger partial charge is 0.417 e.